The Hall–Kier alpha value is -2.50. The molecule has 6 nitrogen and oxygen atoms in total. The van der Waals surface area contributed by atoms with E-state index in [1.165, 1.54) is 6.20 Å². The van der Waals surface area contributed by atoms with Gasteiger partial charge in [-0.1, -0.05) is 6.07 Å². The van der Waals surface area contributed by atoms with Gasteiger partial charge in [0.05, 0.1) is 25.3 Å². The number of nitrogens with one attached hydrogen (secondary N) is 1. The van der Waals surface area contributed by atoms with Gasteiger partial charge in [0, 0.05) is 13.6 Å². The predicted molar refractivity (Wildman–Crippen MR) is 71.8 cm³/mol. The molecule has 1 aromatic carbocycles. The van der Waals surface area contributed by atoms with Gasteiger partial charge in [-0.25, -0.2) is 4.98 Å². The van der Waals surface area contributed by atoms with Crippen LogP contribution in [0.25, 0.3) is 0 Å². The van der Waals surface area contributed by atoms with Crippen molar-refractivity contribution < 1.29 is 9.53 Å². The lowest BCUT2D eigenvalue weighted by Crippen LogP contribution is -2.24. The number of amides is 1. The summed E-state index contributed by atoms with van der Waals surface area (Å²) >= 11 is 0. The summed E-state index contributed by atoms with van der Waals surface area (Å²) in [5, 5.41) is 2.81. The summed E-state index contributed by atoms with van der Waals surface area (Å²) in [4.78, 5) is 15.8. The van der Waals surface area contributed by atoms with E-state index < -0.39 is 0 Å². The Morgan fingerprint density at radius 3 is 2.89 bits per heavy atom. The van der Waals surface area contributed by atoms with Crippen LogP contribution in [0, 0.1) is 0 Å². The molecule has 0 aliphatic heterocycles. The van der Waals surface area contributed by atoms with Gasteiger partial charge in [0.1, 0.15) is 11.4 Å². The van der Waals surface area contributed by atoms with Crippen molar-refractivity contribution in [1.29, 1.82) is 0 Å². The third kappa shape index (κ3) is 2.85. The largest absolute Gasteiger partial charge is 0.495 e. The normalized spacial score (nSPS) is 10.2. The van der Waals surface area contributed by atoms with E-state index in [0.29, 0.717) is 23.7 Å². The molecule has 2 aromatic rings. The number of imidazole rings is 1. The molecule has 0 aliphatic rings. The van der Waals surface area contributed by atoms with Crippen molar-refractivity contribution in [2.45, 2.75) is 6.54 Å². The van der Waals surface area contributed by atoms with Crippen LogP contribution in [0.1, 0.15) is 16.1 Å². The summed E-state index contributed by atoms with van der Waals surface area (Å²) in [5.41, 5.74) is 7.78. The lowest BCUT2D eigenvalue weighted by Gasteiger charge is -2.08. The van der Waals surface area contributed by atoms with Crippen LogP contribution in [-0.2, 0) is 13.6 Å². The first-order chi connectivity index (χ1) is 9.11. The predicted octanol–water partition coefficient (Wildman–Crippen LogP) is 0.941. The second-order valence-electron chi connectivity index (χ2n) is 4.15. The van der Waals surface area contributed by atoms with Crippen LogP contribution in [0.5, 0.6) is 5.75 Å². The standard InChI is InChI=1S/C13H16N4O2/c1-17-8-15-7-11(17)13(18)16-6-9-3-4-12(19-2)10(14)5-9/h3-5,7-8H,6,14H2,1-2H3,(H,16,18). The fourth-order valence-electron chi connectivity index (χ4n) is 1.74. The minimum absolute atomic E-state index is 0.172. The molecule has 0 radical (unpaired) electrons. The Labute approximate surface area is 111 Å². The first kappa shape index (κ1) is 12.9. The van der Waals surface area contributed by atoms with Crippen molar-refractivity contribution in [3.05, 3.63) is 42.0 Å². The van der Waals surface area contributed by atoms with Gasteiger partial charge in [-0.05, 0) is 17.7 Å². The van der Waals surface area contributed by atoms with Crippen LogP contribution in [0.15, 0.2) is 30.7 Å². The number of hydrogen-bond acceptors (Lipinski definition) is 4. The van der Waals surface area contributed by atoms with E-state index in [0.717, 1.165) is 5.56 Å². The van der Waals surface area contributed by atoms with Gasteiger partial charge in [-0.15, -0.1) is 0 Å². The van der Waals surface area contributed by atoms with E-state index in [2.05, 4.69) is 10.3 Å². The number of carbonyl (C=O) groups is 1. The molecule has 6 heteroatoms. The minimum Gasteiger partial charge on any atom is -0.495 e. The highest BCUT2D eigenvalue weighted by Crippen LogP contribution is 2.21. The van der Waals surface area contributed by atoms with Gasteiger partial charge in [0.25, 0.3) is 5.91 Å². The molecule has 3 N–H and O–H groups in total. The van der Waals surface area contributed by atoms with Crippen molar-refractivity contribution in [3.63, 3.8) is 0 Å². The molecule has 0 saturated heterocycles. The van der Waals surface area contributed by atoms with Crippen LogP contribution in [0.4, 0.5) is 5.69 Å². The Morgan fingerprint density at radius 2 is 2.32 bits per heavy atom. The summed E-state index contributed by atoms with van der Waals surface area (Å²) in [6.07, 6.45) is 3.11. The number of methoxy groups -OCH3 is 1. The topological polar surface area (TPSA) is 82.2 Å². The van der Waals surface area contributed by atoms with Crippen LogP contribution >= 0.6 is 0 Å². The van der Waals surface area contributed by atoms with E-state index in [-0.39, 0.29) is 5.91 Å². The van der Waals surface area contributed by atoms with Crippen LogP contribution < -0.4 is 15.8 Å². The number of benzene rings is 1. The van der Waals surface area contributed by atoms with Crippen molar-refractivity contribution in [3.8, 4) is 5.75 Å². The van der Waals surface area contributed by atoms with E-state index in [4.69, 9.17) is 10.5 Å². The van der Waals surface area contributed by atoms with Crippen LogP contribution in [0.2, 0.25) is 0 Å². The molecular weight excluding hydrogens is 244 g/mol. The lowest BCUT2D eigenvalue weighted by atomic mass is 10.2. The zero-order valence-electron chi connectivity index (χ0n) is 10.9. The number of aryl methyl sites for hydroxylation is 1. The summed E-state index contributed by atoms with van der Waals surface area (Å²) in [6.45, 7) is 0.401. The maximum absolute atomic E-state index is 11.9. The second kappa shape index (κ2) is 5.43. The molecule has 0 unspecified atom stereocenters. The fourth-order valence-corrected chi connectivity index (χ4v) is 1.74. The van der Waals surface area contributed by atoms with Crippen molar-refractivity contribution >= 4 is 11.6 Å². The van der Waals surface area contributed by atoms with Gasteiger partial charge in [-0.3, -0.25) is 4.79 Å². The van der Waals surface area contributed by atoms with E-state index in [1.54, 1.807) is 37.2 Å². The van der Waals surface area contributed by atoms with Gasteiger partial charge in [-0.2, -0.15) is 0 Å². The highest BCUT2D eigenvalue weighted by Gasteiger charge is 2.09. The number of nitrogens with zero attached hydrogens (tertiary/aromatic N) is 2. The summed E-state index contributed by atoms with van der Waals surface area (Å²) in [7, 11) is 3.34. The number of nitrogens with two attached hydrogens (primary N) is 1. The molecule has 1 heterocycles. The summed E-state index contributed by atoms with van der Waals surface area (Å²) in [5.74, 6) is 0.455. The number of aromatic nitrogens is 2. The lowest BCUT2D eigenvalue weighted by molar-refractivity contribution is 0.0942. The zero-order valence-corrected chi connectivity index (χ0v) is 10.9. The highest BCUT2D eigenvalue weighted by molar-refractivity contribution is 5.92. The van der Waals surface area contributed by atoms with E-state index in [9.17, 15) is 4.79 Å². The average molecular weight is 260 g/mol. The second-order valence-corrected chi connectivity index (χ2v) is 4.15. The maximum atomic E-state index is 11.9. The van der Waals surface area contributed by atoms with Crippen molar-refractivity contribution in [1.82, 2.24) is 14.9 Å². The molecule has 1 amide bonds. The van der Waals surface area contributed by atoms with Crippen molar-refractivity contribution in [2.75, 3.05) is 12.8 Å². The first-order valence-electron chi connectivity index (χ1n) is 5.78. The SMILES string of the molecule is COc1ccc(CNC(=O)c2cncn2C)cc1N. The summed E-state index contributed by atoms with van der Waals surface area (Å²) < 4.78 is 6.74. The number of nitrogen functional groups attached to an aromatic ring is 1. The van der Waals surface area contributed by atoms with Gasteiger partial charge in [0.2, 0.25) is 0 Å². The minimum atomic E-state index is -0.172. The highest BCUT2D eigenvalue weighted by atomic mass is 16.5. The molecule has 2 rings (SSSR count). The number of hydrogen-bond donors (Lipinski definition) is 2. The molecule has 0 spiro atoms. The Morgan fingerprint density at radius 1 is 1.53 bits per heavy atom. The van der Waals surface area contributed by atoms with Crippen LogP contribution in [-0.4, -0.2) is 22.6 Å². The van der Waals surface area contributed by atoms with Gasteiger partial charge < -0.3 is 20.4 Å². The maximum Gasteiger partial charge on any atom is 0.269 e. The quantitative estimate of drug-likeness (QED) is 0.801. The fraction of sp³-hybridized carbons (Fsp3) is 0.231. The third-order valence-electron chi connectivity index (χ3n) is 2.80. The zero-order chi connectivity index (χ0) is 13.8. The molecular formula is C13H16N4O2. The first-order valence-corrected chi connectivity index (χ1v) is 5.78. The number of rotatable bonds is 4. The van der Waals surface area contributed by atoms with Crippen LogP contribution in [0.3, 0.4) is 0 Å². The van der Waals surface area contributed by atoms with Crippen molar-refractivity contribution in [2.24, 2.45) is 7.05 Å². The smallest absolute Gasteiger partial charge is 0.269 e. The van der Waals surface area contributed by atoms with E-state index >= 15 is 0 Å². The number of carbonyl (C=O) groups excluding carboxylic acids is 1. The molecule has 19 heavy (non-hydrogen) atoms. The molecule has 0 fully saturated rings. The molecule has 0 bridgehead atoms. The van der Waals surface area contributed by atoms with E-state index in [1.807, 2.05) is 6.07 Å². The molecule has 0 saturated carbocycles. The Kier molecular flexibility index (Phi) is 3.70. The van der Waals surface area contributed by atoms with Gasteiger partial charge >= 0.3 is 0 Å². The molecule has 100 valence electrons. The molecule has 1 aromatic heterocycles. The molecule has 0 aliphatic carbocycles. The number of ether oxygens (including phenoxy) is 1. The average Bonchev–Trinajstić information content (AvgIpc) is 2.82. The van der Waals surface area contributed by atoms with Gasteiger partial charge in [0.15, 0.2) is 0 Å². The monoisotopic (exact) mass is 260 g/mol. The Balaban J connectivity index is 2.01. The third-order valence-corrected chi connectivity index (χ3v) is 2.80. The summed E-state index contributed by atoms with van der Waals surface area (Å²) in [6, 6.07) is 5.42. The Bertz CT molecular complexity index is 592. The molecule has 0 atom stereocenters. The number of anilines is 1.